The summed E-state index contributed by atoms with van der Waals surface area (Å²) in [6.07, 6.45) is 1.11. The molecule has 3 rings (SSSR count). The Morgan fingerprint density at radius 3 is 1.97 bits per heavy atom. The molecule has 3 aromatic rings. The number of methoxy groups -OCH3 is 4. The van der Waals surface area contributed by atoms with Crippen molar-refractivity contribution in [1.29, 1.82) is 0 Å². The van der Waals surface area contributed by atoms with Crippen LogP contribution in [-0.2, 0) is 9.47 Å². The average molecular weight is 483 g/mol. The number of ether oxygens (including phenoxy) is 4. The Morgan fingerprint density at radius 2 is 1.46 bits per heavy atom. The van der Waals surface area contributed by atoms with Gasteiger partial charge in [-0.15, -0.1) is 0 Å². The van der Waals surface area contributed by atoms with Crippen LogP contribution in [0.3, 0.4) is 0 Å². The maximum absolute atomic E-state index is 12.1. The van der Waals surface area contributed by atoms with Crippen molar-refractivity contribution < 1.29 is 33.5 Å². The minimum absolute atomic E-state index is 0.0240. The number of benzene rings is 2. The summed E-state index contributed by atoms with van der Waals surface area (Å²) in [5, 5.41) is 17.6. The predicted molar refractivity (Wildman–Crippen MR) is 124 cm³/mol. The fourth-order valence-electron chi connectivity index (χ4n) is 3.07. The molecule has 0 aliphatic rings. The molecule has 0 saturated heterocycles. The van der Waals surface area contributed by atoms with Crippen molar-refractivity contribution in [3.05, 3.63) is 64.0 Å². The topological polar surface area (TPSA) is 164 Å². The summed E-state index contributed by atoms with van der Waals surface area (Å²) < 4.78 is 19.9. The van der Waals surface area contributed by atoms with Gasteiger partial charge in [-0.05, 0) is 30.3 Å². The van der Waals surface area contributed by atoms with E-state index in [2.05, 4.69) is 20.6 Å². The fourth-order valence-corrected chi connectivity index (χ4v) is 3.07. The zero-order valence-corrected chi connectivity index (χ0v) is 19.1. The molecule has 0 aliphatic heterocycles. The van der Waals surface area contributed by atoms with Crippen molar-refractivity contribution in [3.63, 3.8) is 0 Å². The van der Waals surface area contributed by atoms with Crippen LogP contribution in [0.1, 0.15) is 20.7 Å². The maximum Gasteiger partial charge on any atom is 0.353 e. The van der Waals surface area contributed by atoms with Crippen LogP contribution in [0.15, 0.2) is 42.7 Å². The highest BCUT2D eigenvalue weighted by molar-refractivity contribution is 5.97. The normalized spacial score (nSPS) is 10.2. The summed E-state index contributed by atoms with van der Waals surface area (Å²) in [6, 6.07) is 8.83. The lowest BCUT2D eigenvalue weighted by Crippen LogP contribution is -2.09. The summed E-state index contributed by atoms with van der Waals surface area (Å²) in [6.45, 7) is 0. The van der Waals surface area contributed by atoms with Crippen LogP contribution in [0, 0.1) is 10.1 Å². The van der Waals surface area contributed by atoms with Gasteiger partial charge in [-0.2, -0.15) is 0 Å². The number of nitro groups is 1. The van der Waals surface area contributed by atoms with Crippen LogP contribution in [-0.4, -0.2) is 55.3 Å². The Labute approximate surface area is 199 Å². The molecule has 0 saturated carbocycles. The maximum atomic E-state index is 12.1. The van der Waals surface area contributed by atoms with E-state index in [1.54, 1.807) is 18.2 Å². The number of rotatable bonds is 9. The van der Waals surface area contributed by atoms with Crippen molar-refractivity contribution >= 4 is 40.6 Å². The van der Waals surface area contributed by atoms with Crippen molar-refractivity contribution in [3.8, 4) is 11.5 Å². The molecule has 0 fully saturated rings. The second-order valence-electron chi connectivity index (χ2n) is 6.78. The molecule has 0 atom stereocenters. The number of carbonyl (C=O) groups is 2. The molecule has 13 nitrogen and oxygen atoms in total. The molecule has 0 amide bonds. The van der Waals surface area contributed by atoms with Crippen LogP contribution in [0.4, 0.5) is 28.7 Å². The molecule has 2 aromatic carbocycles. The predicted octanol–water partition coefficient (Wildman–Crippen LogP) is 3.46. The number of nitrogens with zero attached hydrogens (tertiary/aromatic N) is 3. The van der Waals surface area contributed by atoms with Crippen LogP contribution in [0.25, 0.3) is 0 Å². The van der Waals surface area contributed by atoms with Crippen LogP contribution >= 0.6 is 0 Å². The Balaban J connectivity index is 2.05. The van der Waals surface area contributed by atoms with Crippen molar-refractivity contribution in [2.75, 3.05) is 39.1 Å². The number of nitrogens with one attached hydrogen (secondary N) is 2. The van der Waals surface area contributed by atoms with Gasteiger partial charge in [0.2, 0.25) is 11.6 Å². The van der Waals surface area contributed by atoms with Gasteiger partial charge in [0, 0.05) is 11.8 Å². The zero-order chi connectivity index (χ0) is 25.5. The van der Waals surface area contributed by atoms with Crippen molar-refractivity contribution in [2.24, 2.45) is 0 Å². The van der Waals surface area contributed by atoms with E-state index in [0.717, 1.165) is 6.33 Å². The van der Waals surface area contributed by atoms with Gasteiger partial charge >= 0.3 is 17.6 Å². The van der Waals surface area contributed by atoms with Gasteiger partial charge in [-0.3, -0.25) is 10.1 Å². The monoisotopic (exact) mass is 483 g/mol. The molecular weight excluding hydrogens is 462 g/mol. The van der Waals surface area contributed by atoms with E-state index < -0.39 is 22.5 Å². The third kappa shape index (κ3) is 5.52. The van der Waals surface area contributed by atoms with Gasteiger partial charge in [-0.1, -0.05) is 0 Å². The van der Waals surface area contributed by atoms with E-state index in [1.165, 1.54) is 46.6 Å². The Kier molecular flexibility index (Phi) is 7.61. The second kappa shape index (κ2) is 10.8. The molecule has 0 bridgehead atoms. The first kappa shape index (κ1) is 24.7. The smallest absolute Gasteiger partial charge is 0.353 e. The molecule has 1 aromatic heterocycles. The lowest BCUT2D eigenvalue weighted by atomic mass is 10.1. The van der Waals surface area contributed by atoms with Gasteiger partial charge in [0.15, 0.2) is 0 Å². The molecule has 0 spiro atoms. The van der Waals surface area contributed by atoms with E-state index >= 15 is 0 Å². The second-order valence-corrected chi connectivity index (χ2v) is 6.78. The summed E-state index contributed by atoms with van der Waals surface area (Å²) in [7, 11) is 5.30. The van der Waals surface area contributed by atoms with Crippen LogP contribution < -0.4 is 20.1 Å². The molecule has 182 valence electrons. The van der Waals surface area contributed by atoms with Crippen molar-refractivity contribution in [2.45, 2.75) is 0 Å². The number of anilines is 4. The molecule has 35 heavy (non-hydrogen) atoms. The number of hydrogen-bond donors (Lipinski definition) is 2. The zero-order valence-electron chi connectivity index (χ0n) is 19.1. The number of aromatic nitrogens is 2. The average Bonchev–Trinajstić information content (AvgIpc) is 2.87. The first-order valence-electron chi connectivity index (χ1n) is 9.88. The number of carbonyl (C=O) groups excluding carboxylic acids is 2. The first-order valence-corrected chi connectivity index (χ1v) is 9.88. The van der Waals surface area contributed by atoms with E-state index in [-0.39, 0.29) is 28.5 Å². The molecule has 0 aliphatic carbocycles. The van der Waals surface area contributed by atoms with Gasteiger partial charge in [0.05, 0.1) is 50.2 Å². The number of esters is 2. The van der Waals surface area contributed by atoms with Gasteiger partial charge < -0.3 is 29.6 Å². The Bertz CT molecular complexity index is 1250. The lowest BCUT2D eigenvalue weighted by molar-refractivity contribution is -0.383. The summed E-state index contributed by atoms with van der Waals surface area (Å²) >= 11 is 0. The summed E-state index contributed by atoms with van der Waals surface area (Å²) in [4.78, 5) is 43.4. The molecule has 1 heterocycles. The lowest BCUT2D eigenvalue weighted by Gasteiger charge is -2.14. The van der Waals surface area contributed by atoms with Crippen LogP contribution in [0.5, 0.6) is 11.5 Å². The molecular formula is C22H21N5O8. The highest BCUT2D eigenvalue weighted by Gasteiger charge is 2.25. The van der Waals surface area contributed by atoms with E-state index in [1.807, 2.05) is 0 Å². The van der Waals surface area contributed by atoms with Gasteiger partial charge in [0.25, 0.3) is 0 Å². The van der Waals surface area contributed by atoms with Gasteiger partial charge in [0.1, 0.15) is 17.8 Å². The molecule has 2 N–H and O–H groups in total. The quantitative estimate of drug-likeness (QED) is 0.259. The third-order valence-corrected chi connectivity index (χ3v) is 4.70. The standard InChI is InChI=1S/C22H21N5O8/c1-32-15-5-6-16(17(10-15)33-2)26-20-18(27(30)31)19(23-11-24-20)25-14-8-12(21(28)34-3)7-13(9-14)22(29)35-4/h5-11H,1-4H3,(H2,23,24,25,26). The van der Waals surface area contributed by atoms with E-state index in [9.17, 15) is 19.7 Å². The van der Waals surface area contributed by atoms with Crippen molar-refractivity contribution in [1.82, 2.24) is 9.97 Å². The highest BCUT2D eigenvalue weighted by Crippen LogP contribution is 2.37. The number of hydrogen-bond acceptors (Lipinski definition) is 12. The highest BCUT2D eigenvalue weighted by atomic mass is 16.6. The summed E-state index contributed by atoms with van der Waals surface area (Å²) in [5.74, 6) is -0.875. The Hall–Kier alpha value is -4.94. The summed E-state index contributed by atoms with van der Waals surface area (Å²) in [5.41, 5.74) is 0.102. The SMILES string of the molecule is COC(=O)c1cc(Nc2ncnc(Nc3ccc(OC)cc3OC)c2[N+](=O)[O-])cc(C(=O)OC)c1. The molecule has 0 unspecified atom stereocenters. The third-order valence-electron chi connectivity index (χ3n) is 4.70. The van der Waals surface area contributed by atoms with E-state index in [4.69, 9.17) is 18.9 Å². The fraction of sp³-hybridized carbons (Fsp3) is 0.182. The van der Waals surface area contributed by atoms with E-state index in [0.29, 0.717) is 17.2 Å². The first-order chi connectivity index (χ1) is 16.8. The molecule has 13 heteroatoms. The minimum Gasteiger partial charge on any atom is -0.497 e. The largest absolute Gasteiger partial charge is 0.497 e. The molecule has 0 radical (unpaired) electrons. The van der Waals surface area contributed by atoms with Gasteiger partial charge in [-0.25, -0.2) is 19.6 Å². The Morgan fingerprint density at radius 1 is 0.857 bits per heavy atom. The minimum atomic E-state index is -0.718. The van der Waals surface area contributed by atoms with Crippen LogP contribution in [0.2, 0.25) is 0 Å².